The normalized spacial score (nSPS) is 11.2. The van der Waals surface area contributed by atoms with Crippen molar-refractivity contribution < 1.29 is 23.8 Å². The molecule has 1 aromatic carbocycles. The lowest BCUT2D eigenvalue weighted by Crippen LogP contribution is -2.26. The van der Waals surface area contributed by atoms with Crippen LogP contribution in [0.15, 0.2) is 17.0 Å². The molecule has 0 heterocycles. The summed E-state index contributed by atoms with van der Waals surface area (Å²) < 4.78 is 15.2. The molecule has 1 aromatic rings. The number of thiol groups is 1. The van der Waals surface area contributed by atoms with Crippen LogP contribution in [0, 0.1) is 6.92 Å². The summed E-state index contributed by atoms with van der Waals surface area (Å²) in [7, 11) is 1.35. The molecule has 0 saturated carbocycles. The van der Waals surface area contributed by atoms with Crippen molar-refractivity contribution in [1.29, 1.82) is 0 Å². The van der Waals surface area contributed by atoms with Gasteiger partial charge in [0.05, 0.1) is 20.1 Å². The van der Waals surface area contributed by atoms with Crippen molar-refractivity contribution in [2.75, 3.05) is 13.7 Å². The van der Waals surface area contributed by atoms with Gasteiger partial charge in [0.1, 0.15) is 12.2 Å². The molecular weight excluding hydrogens is 316 g/mol. The molecule has 128 valence electrons. The second-order valence-electron chi connectivity index (χ2n) is 6.23. The van der Waals surface area contributed by atoms with Crippen LogP contribution in [0.1, 0.15) is 37.5 Å². The topological polar surface area (TPSA) is 61.8 Å². The summed E-state index contributed by atoms with van der Waals surface area (Å²) in [6, 6.07) is 3.72. The molecule has 0 saturated heterocycles. The van der Waals surface area contributed by atoms with E-state index in [1.54, 1.807) is 20.8 Å². The highest BCUT2D eigenvalue weighted by molar-refractivity contribution is 7.80. The van der Waals surface area contributed by atoms with Gasteiger partial charge in [0.15, 0.2) is 0 Å². The summed E-state index contributed by atoms with van der Waals surface area (Å²) in [5.74, 6) is -0.724. The van der Waals surface area contributed by atoms with Crippen LogP contribution in [0.25, 0.3) is 0 Å². The van der Waals surface area contributed by atoms with Gasteiger partial charge in [-0.15, -0.1) is 12.6 Å². The lowest BCUT2D eigenvalue weighted by Gasteiger charge is -2.19. The number of benzene rings is 1. The first-order chi connectivity index (χ1) is 10.6. The van der Waals surface area contributed by atoms with Gasteiger partial charge in [-0.3, -0.25) is 4.79 Å². The molecule has 0 aliphatic carbocycles. The van der Waals surface area contributed by atoms with Crippen LogP contribution in [-0.4, -0.2) is 31.3 Å². The van der Waals surface area contributed by atoms with Crippen LogP contribution in [-0.2, 0) is 36.8 Å². The maximum atomic E-state index is 11.6. The van der Waals surface area contributed by atoms with Crippen LogP contribution in [0.3, 0.4) is 0 Å². The van der Waals surface area contributed by atoms with E-state index in [1.807, 2.05) is 19.1 Å². The minimum Gasteiger partial charge on any atom is -0.469 e. The van der Waals surface area contributed by atoms with E-state index in [1.165, 1.54) is 7.11 Å². The quantitative estimate of drug-likeness (QED) is 0.637. The first-order valence-corrected chi connectivity index (χ1v) is 7.75. The van der Waals surface area contributed by atoms with E-state index < -0.39 is 11.6 Å². The third-order valence-corrected chi connectivity index (χ3v) is 3.48. The Bertz CT molecular complexity index is 575. The van der Waals surface area contributed by atoms with Gasteiger partial charge in [-0.05, 0) is 50.5 Å². The number of esters is 2. The SMILES string of the molecule is COC(=O)Cc1cc(COCC(=O)OC(C)(C)C)cc(S)c1C. The zero-order valence-corrected chi connectivity index (χ0v) is 15.2. The summed E-state index contributed by atoms with van der Waals surface area (Å²) in [4.78, 5) is 23.8. The van der Waals surface area contributed by atoms with Gasteiger partial charge < -0.3 is 14.2 Å². The molecule has 0 N–H and O–H groups in total. The van der Waals surface area contributed by atoms with Gasteiger partial charge >= 0.3 is 11.9 Å². The second kappa shape index (κ2) is 8.36. The van der Waals surface area contributed by atoms with Crippen molar-refractivity contribution in [3.63, 3.8) is 0 Å². The van der Waals surface area contributed by atoms with Crippen LogP contribution in [0.5, 0.6) is 0 Å². The average Bonchev–Trinajstić information content (AvgIpc) is 2.42. The minimum atomic E-state index is -0.531. The Morgan fingerprint density at radius 2 is 1.83 bits per heavy atom. The van der Waals surface area contributed by atoms with Gasteiger partial charge in [0, 0.05) is 4.90 Å². The van der Waals surface area contributed by atoms with Crippen LogP contribution in [0.4, 0.5) is 0 Å². The Morgan fingerprint density at radius 3 is 2.39 bits per heavy atom. The van der Waals surface area contributed by atoms with Crippen LogP contribution >= 0.6 is 12.6 Å². The standard InChI is InChI=1S/C17H24O5S/c1-11-13(8-15(18)20-5)6-12(7-14(11)23)9-21-10-16(19)22-17(2,3)4/h6-7,23H,8-10H2,1-5H3. The third kappa shape index (κ3) is 7.05. The van der Waals surface area contributed by atoms with Gasteiger partial charge in [-0.25, -0.2) is 4.79 Å². The number of hydrogen-bond acceptors (Lipinski definition) is 6. The van der Waals surface area contributed by atoms with Gasteiger partial charge in [-0.2, -0.15) is 0 Å². The number of carbonyl (C=O) groups excluding carboxylic acids is 2. The number of ether oxygens (including phenoxy) is 3. The van der Waals surface area contributed by atoms with Crippen molar-refractivity contribution in [3.05, 3.63) is 28.8 Å². The highest BCUT2D eigenvalue weighted by Gasteiger charge is 2.16. The molecule has 23 heavy (non-hydrogen) atoms. The van der Waals surface area contributed by atoms with E-state index in [-0.39, 0.29) is 25.6 Å². The molecule has 0 amide bonds. The Labute approximate surface area is 142 Å². The molecule has 5 nitrogen and oxygen atoms in total. The molecule has 0 spiro atoms. The molecule has 0 unspecified atom stereocenters. The number of carbonyl (C=O) groups is 2. The Balaban J connectivity index is 2.67. The summed E-state index contributed by atoms with van der Waals surface area (Å²) in [5, 5.41) is 0. The van der Waals surface area contributed by atoms with Crippen molar-refractivity contribution in [3.8, 4) is 0 Å². The van der Waals surface area contributed by atoms with Crippen molar-refractivity contribution >= 4 is 24.6 Å². The van der Waals surface area contributed by atoms with E-state index in [4.69, 9.17) is 14.2 Å². The molecule has 0 fully saturated rings. The molecule has 0 aliphatic rings. The molecular formula is C17H24O5S. The van der Waals surface area contributed by atoms with Crippen molar-refractivity contribution in [1.82, 2.24) is 0 Å². The zero-order chi connectivity index (χ0) is 17.6. The number of methoxy groups -OCH3 is 1. The Morgan fingerprint density at radius 1 is 1.17 bits per heavy atom. The smallest absolute Gasteiger partial charge is 0.332 e. The van der Waals surface area contributed by atoms with Crippen molar-refractivity contribution in [2.45, 2.75) is 51.2 Å². The maximum absolute atomic E-state index is 11.6. The molecule has 6 heteroatoms. The highest BCUT2D eigenvalue weighted by atomic mass is 32.1. The van der Waals surface area contributed by atoms with Crippen LogP contribution < -0.4 is 0 Å². The summed E-state index contributed by atoms with van der Waals surface area (Å²) in [5.41, 5.74) is 2.06. The first-order valence-electron chi connectivity index (χ1n) is 7.30. The monoisotopic (exact) mass is 340 g/mol. The molecule has 0 aliphatic heterocycles. The average molecular weight is 340 g/mol. The Hall–Kier alpha value is -1.53. The van der Waals surface area contributed by atoms with E-state index in [9.17, 15) is 9.59 Å². The minimum absolute atomic E-state index is 0.126. The first kappa shape index (κ1) is 19.5. The summed E-state index contributed by atoms with van der Waals surface area (Å²) in [6.45, 7) is 7.41. The largest absolute Gasteiger partial charge is 0.469 e. The fourth-order valence-electron chi connectivity index (χ4n) is 1.94. The molecule has 0 aromatic heterocycles. The van der Waals surface area contributed by atoms with Crippen molar-refractivity contribution in [2.24, 2.45) is 0 Å². The molecule has 0 radical (unpaired) electrons. The second-order valence-corrected chi connectivity index (χ2v) is 6.71. The fourth-order valence-corrected chi connectivity index (χ4v) is 2.25. The van der Waals surface area contributed by atoms with E-state index in [0.29, 0.717) is 0 Å². The molecule has 0 atom stereocenters. The lowest BCUT2D eigenvalue weighted by atomic mass is 10.0. The van der Waals surface area contributed by atoms with Gasteiger partial charge in [-0.1, -0.05) is 6.07 Å². The van der Waals surface area contributed by atoms with E-state index >= 15 is 0 Å². The predicted octanol–water partition coefficient (Wildman–Crippen LogP) is 2.86. The number of rotatable bonds is 6. The van der Waals surface area contributed by atoms with Gasteiger partial charge in [0.25, 0.3) is 0 Å². The summed E-state index contributed by atoms with van der Waals surface area (Å²) in [6.07, 6.45) is 0.176. The molecule has 1 rings (SSSR count). The molecule has 0 bridgehead atoms. The highest BCUT2D eigenvalue weighted by Crippen LogP contribution is 2.21. The van der Waals surface area contributed by atoms with E-state index in [0.717, 1.165) is 21.6 Å². The predicted molar refractivity (Wildman–Crippen MR) is 89.7 cm³/mol. The summed E-state index contributed by atoms with van der Waals surface area (Å²) >= 11 is 4.41. The Kier molecular flexibility index (Phi) is 7.09. The zero-order valence-electron chi connectivity index (χ0n) is 14.3. The third-order valence-electron chi connectivity index (χ3n) is 3.02. The fraction of sp³-hybridized carbons (Fsp3) is 0.529. The van der Waals surface area contributed by atoms with Gasteiger partial charge in [0.2, 0.25) is 0 Å². The van der Waals surface area contributed by atoms with Crippen LogP contribution in [0.2, 0.25) is 0 Å². The number of hydrogen-bond donors (Lipinski definition) is 1. The maximum Gasteiger partial charge on any atom is 0.332 e. The lowest BCUT2D eigenvalue weighted by molar-refractivity contribution is -0.160. The van der Waals surface area contributed by atoms with E-state index in [2.05, 4.69) is 12.6 Å².